The maximum Gasteiger partial charge on any atom is 0.176 e. The lowest BCUT2D eigenvalue weighted by Gasteiger charge is -2.35. The molecular formula is C18H32N2O2P2. The van der Waals surface area contributed by atoms with Crippen molar-refractivity contribution in [2.24, 2.45) is 5.92 Å². The average molecular weight is 370 g/mol. The zero-order chi connectivity index (χ0) is 17.9. The van der Waals surface area contributed by atoms with Crippen LogP contribution >= 0.6 is 14.6 Å². The number of rotatable bonds is 6. The Morgan fingerprint density at radius 2 is 1.46 bits per heavy atom. The van der Waals surface area contributed by atoms with Crippen LogP contribution in [-0.4, -0.2) is 52.5 Å². The third kappa shape index (κ3) is 2.13. The summed E-state index contributed by atoms with van der Waals surface area (Å²) in [5.41, 5.74) is 2.54. The Morgan fingerprint density at radius 3 is 1.96 bits per heavy atom. The average Bonchev–Trinajstić information content (AvgIpc) is 3.05. The molecule has 3 rings (SSSR count). The van der Waals surface area contributed by atoms with Gasteiger partial charge in [-0.1, -0.05) is 44.9 Å². The molecule has 0 spiro atoms. The van der Waals surface area contributed by atoms with Gasteiger partial charge in [-0.05, 0) is 19.7 Å². The molecule has 0 aliphatic carbocycles. The second kappa shape index (κ2) is 6.23. The largest absolute Gasteiger partial charge is 0.305 e. The van der Waals surface area contributed by atoms with Crippen molar-refractivity contribution in [3.63, 3.8) is 0 Å². The van der Waals surface area contributed by atoms with Crippen molar-refractivity contribution in [1.29, 1.82) is 0 Å². The predicted molar refractivity (Wildman–Crippen MR) is 103 cm³/mol. The summed E-state index contributed by atoms with van der Waals surface area (Å²) in [7, 11) is -5.18. The highest BCUT2D eigenvalue weighted by Crippen LogP contribution is 2.83. The van der Waals surface area contributed by atoms with Gasteiger partial charge in [-0.25, -0.2) is 0 Å². The molecule has 3 aliphatic heterocycles. The van der Waals surface area contributed by atoms with Crippen LogP contribution in [0.25, 0.3) is 0 Å². The first-order valence-corrected chi connectivity index (χ1v) is 13.0. The van der Waals surface area contributed by atoms with Gasteiger partial charge in [-0.15, -0.1) is 0 Å². The first-order chi connectivity index (χ1) is 11.3. The lowest BCUT2D eigenvalue weighted by molar-refractivity contribution is 0.432. The summed E-state index contributed by atoms with van der Waals surface area (Å²) in [5, 5.41) is 0. The molecule has 0 N–H and O–H groups in total. The van der Waals surface area contributed by atoms with Gasteiger partial charge >= 0.3 is 0 Å². The minimum atomic E-state index is -2.62. The molecule has 0 aromatic heterocycles. The van der Waals surface area contributed by atoms with Crippen molar-refractivity contribution in [3.05, 3.63) is 23.0 Å². The van der Waals surface area contributed by atoms with E-state index in [0.717, 1.165) is 26.2 Å². The van der Waals surface area contributed by atoms with E-state index in [0.29, 0.717) is 0 Å². The normalized spacial score (nSPS) is 43.5. The summed E-state index contributed by atoms with van der Waals surface area (Å²) >= 11 is 0. The summed E-state index contributed by atoms with van der Waals surface area (Å²) < 4.78 is 32.7. The first-order valence-electron chi connectivity index (χ1n) is 9.38. The quantitative estimate of drug-likeness (QED) is 0.496. The van der Waals surface area contributed by atoms with Gasteiger partial charge in [0.1, 0.15) is 0 Å². The predicted octanol–water partition coefficient (Wildman–Crippen LogP) is 4.84. The van der Waals surface area contributed by atoms with Crippen LogP contribution in [0.1, 0.15) is 41.5 Å². The monoisotopic (exact) mass is 370 g/mol. The van der Waals surface area contributed by atoms with E-state index in [9.17, 15) is 9.13 Å². The fourth-order valence-electron chi connectivity index (χ4n) is 5.58. The summed E-state index contributed by atoms with van der Waals surface area (Å²) in [4.78, 5) is 0. The van der Waals surface area contributed by atoms with Crippen molar-refractivity contribution in [2.75, 3.05) is 26.2 Å². The smallest absolute Gasteiger partial charge is 0.176 e. The molecule has 3 aliphatic rings. The molecule has 0 saturated carbocycles. The van der Waals surface area contributed by atoms with Crippen LogP contribution in [0.4, 0.5) is 0 Å². The Balaban J connectivity index is 2.14. The van der Waals surface area contributed by atoms with Gasteiger partial charge in [0.05, 0.1) is 17.0 Å². The Labute approximate surface area is 147 Å². The molecule has 3 heterocycles. The van der Waals surface area contributed by atoms with Crippen LogP contribution in [0.5, 0.6) is 0 Å². The third-order valence-electron chi connectivity index (χ3n) is 6.47. The number of hydrogen-bond donors (Lipinski definition) is 0. The Kier molecular flexibility index (Phi) is 4.84. The van der Waals surface area contributed by atoms with E-state index in [1.54, 1.807) is 0 Å². The van der Waals surface area contributed by atoms with Gasteiger partial charge in [-0.3, -0.25) is 9.34 Å². The van der Waals surface area contributed by atoms with Gasteiger partial charge in [-0.2, -0.15) is 0 Å². The molecule has 0 amide bonds. The summed E-state index contributed by atoms with van der Waals surface area (Å²) in [5.74, 6) is 2.27. The van der Waals surface area contributed by atoms with E-state index < -0.39 is 14.6 Å². The van der Waals surface area contributed by atoms with Gasteiger partial charge in [0.15, 0.2) is 14.6 Å². The number of allylic oxidation sites excluding steroid dienone is 3. The molecule has 0 aromatic carbocycles. The van der Waals surface area contributed by atoms with Crippen molar-refractivity contribution in [2.45, 2.75) is 58.5 Å². The highest BCUT2D eigenvalue weighted by Gasteiger charge is 2.69. The Morgan fingerprint density at radius 1 is 0.917 bits per heavy atom. The van der Waals surface area contributed by atoms with Gasteiger partial charge in [0, 0.05) is 32.1 Å². The van der Waals surface area contributed by atoms with Crippen molar-refractivity contribution in [1.82, 2.24) is 9.34 Å². The topological polar surface area (TPSA) is 40.6 Å². The van der Waals surface area contributed by atoms with E-state index in [1.807, 2.05) is 0 Å². The fourth-order valence-corrected chi connectivity index (χ4v) is 15.2. The van der Waals surface area contributed by atoms with Crippen molar-refractivity contribution >= 4 is 14.6 Å². The summed E-state index contributed by atoms with van der Waals surface area (Å²) in [6.45, 7) is 15.8. The van der Waals surface area contributed by atoms with Gasteiger partial charge < -0.3 is 9.13 Å². The summed E-state index contributed by atoms with van der Waals surface area (Å²) in [6.07, 6.45) is 2.22. The van der Waals surface area contributed by atoms with Crippen molar-refractivity contribution in [3.8, 4) is 0 Å². The minimum Gasteiger partial charge on any atom is -0.305 e. The van der Waals surface area contributed by atoms with Crippen LogP contribution in [0.2, 0.25) is 0 Å². The molecule has 1 fully saturated rings. The second-order valence-corrected chi connectivity index (χ2v) is 13.2. The highest BCUT2D eigenvalue weighted by molar-refractivity contribution is 7.70. The van der Waals surface area contributed by atoms with Crippen LogP contribution in [0, 0.1) is 5.92 Å². The lowest BCUT2D eigenvalue weighted by atomic mass is 9.85. The Hall–Kier alpha value is -0.140. The van der Waals surface area contributed by atoms with E-state index in [4.69, 9.17) is 0 Å². The molecular weight excluding hydrogens is 338 g/mol. The number of fused-ring (bicyclic) bond motifs is 5. The molecule has 0 aromatic rings. The van der Waals surface area contributed by atoms with E-state index in [1.165, 1.54) is 11.1 Å². The van der Waals surface area contributed by atoms with Crippen molar-refractivity contribution < 1.29 is 9.13 Å². The van der Waals surface area contributed by atoms with Gasteiger partial charge in [0.25, 0.3) is 0 Å². The van der Waals surface area contributed by atoms with E-state index >= 15 is 0 Å². The van der Waals surface area contributed by atoms with Gasteiger partial charge in [0.2, 0.25) is 0 Å². The van der Waals surface area contributed by atoms with E-state index in [-0.39, 0.29) is 22.9 Å². The minimum absolute atomic E-state index is 0.0255. The maximum atomic E-state index is 14.3. The van der Waals surface area contributed by atoms with E-state index in [2.05, 4.69) is 62.8 Å². The molecule has 0 radical (unpaired) electrons. The molecule has 24 heavy (non-hydrogen) atoms. The van der Waals surface area contributed by atoms with Crippen LogP contribution in [-0.2, 0) is 9.13 Å². The molecule has 1 saturated heterocycles. The molecule has 6 atom stereocenters. The van der Waals surface area contributed by atoms with Crippen LogP contribution in [0.3, 0.4) is 0 Å². The van der Waals surface area contributed by atoms with Crippen LogP contribution in [0.15, 0.2) is 23.0 Å². The molecule has 0 unspecified atom stereocenters. The number of hydrogen-bond acceptors (Lipinski definition) is 2. The molecule has 6 heteroatoms. The fraction of sp³-hybridized carbons (Fsp3) is 0.778. The highest BCUT2D eigenvalue weighted by atomic mass is 31.2. The molecule has 4 nitrogen and oxygen atoms in total. The number of nitrogens with zero attached hydrogens (tertiary/aromatic N) is 2. The third-order valence-corrected chi connectivity index (χ3v) is 14.7. The summed E-state index contributed by atoms with van der Waals surface area (Å²) in [6, 6.07) is 0. The molecule has 136 valence electrons. The zero-order valence-corrected chi connectivity index (χ0v) is 17.7. The standard InChI is InChI=1S/C18H32N2O2P2/c1-7-19(8-2)23(21)12-14(6)16-17-13(5)11-15(18(16)23)24(17,22)20(9-3)10-4/h11-12,15-18H,7-10H2,1-6H3/t15-,16+,17-,18-,23+,24+/m1/s1. The maximum absolute atomic E-state index is 14.3. The Bertz CT molecular complexity index is 677. The SMILES string of the molecule is CCN(CC)[P@]1(=O)[C@@H]2C=C(C)[C@@H]1[C@@H]1C(C)=C[P@@](=O)(N(CC)CC)[C@@H]12. The second-order valence-electron chi connectivity index (χ2n) is 7.36. The molecule has 2 bridgehead atoms. The zero-order valence-electron chi connectivity index (χ0n) is 15.9. The lowest BCUT2D eigenvalue weighted by Crippen LogP contribution is -2.33. The first kappa shape index (κ1) is 18.6. The van der Waals surface area contributed by atoms with Crippen LogP contribution < -0.4 is 0 Å².